The number of hydrogen-bond donors (Lipinski definition) is 0. The second-order valence-electron chi connectivity index (χ2n) is 1.39. The molecule has 0 N–H and O–H groups in total. The highest BCUT2D eigenvalue weighted by atomic mass is 16.3. The molecule has 1 radical (unpaired) electrons. The van der Waals surface area contributed by atoms with Crippen LogP contribution >= 0.6 is 0 Å². The van der Waals surface area contributed by atoms with Crippen molar-refractivity contribution in [2.45, 2.75) is 25.9 Å². The summed E-state index contributed by atoms with van der Waals surface area (Å²) in [6, 6.07) is 1.81. The highest BCUT2D eigenvalue weighted by Crippen LogP contribution is 1.93. The van der Waals surface area contributed by atoms with E-state index in [1.54, 1.807) is 13.0 Å². The SMILES string of the molecule is CCC([O])CC#N. The van der Waals surface area contributed by atoms with Crippen molar-refractivity contribution in [3.63, 3.8) is 0 Å². The first kappa shape index (κ1) is 6.45. The minimum absolute atomic E-state index is 0.149. The van der Waals surface area contributed by atoms with Crippen molar-refractivity contribution in [3.8, 4) is 6.07 Å². The van der Waals surface area contributed by atoms with Crippen LogP contribution in [0.25, 0.3) is 0 Å². The van der Waals surface area contributed by atoms with Crippen molar-refractivity contribution in [2.75, 3.05) is 0 Å². The summed E-state index contributed by atoms with van der Waals surface area (Å²) in [6.45, 7) is 1.79. The van der Waals surface area contributed by atoms with Gasteiger partial charge in [-0.05, 0) is 6.42 Å². The zero-order chi connectivity index (χ0) is 5.70. The van der Waals surface area contributed by atoms with Gasteiger partial charge in [0.2, 0.25) is 0 Å². The Labute approximate surface area is 43.4 Å². The predicted octanol–water partition coefficient (Wildman–Crippen LogP) is 1.11. The monoisotopic (exact) mass is 98.1 g/mol. The highest BCUT2D eigenvalue weighted by Gasteiger charge is 1.97. The van der Waals surface area contributed by atoms with Crippen LogP contribution < -0.4 is 0 Å². The first-order chi connectivity index (χ1) is 3.31. The normalized spacial score (nSPS) is 12.7. The lowest BCUT2D eigenvalue weighted by atomic mass is 10.2. The maximum absolute atomic E-state index is 10.3. The third kappa shape index (κ3) is 3.28. The van der Waals surface area contributed by atoms with Crippen molar-refractivity contribution in [2.24, 2.45) is 0 Å². The van der Waals surface area contributed by atoms with Crippen LogP contribution in [-0.4, -0.2) is 6.10 Å². The van der Waals surface area contributed by atoms with Gasteiger partial charge in [0.1, 0.15) is 6.10 Å². The van der Waals surface area contributed by atoms with Gasteiger partial charge in [0, 0.05) is 0 Å². The number of nitriles is 1. The zero-order valence-corrected chi connectivity index (χ0v) is 4.35. The molecule has 0 aromatic heterocycles. The fraction of sp³-hybridized carbons (Fsp3) is 0.800. The Kier molecular flexibility index (Phi) is 3.35. The average molecular weight is 98.1 g/mol. The molecule has 1 atom stereocenters. The van der Waals surface area contributed by atoms with Crippen LogP contribution in [0.4, 0.5) is 0 Å². The number of hydrogen-bond acceptors (Lipinski definition) is 1. The Hall–Kier alpha value is -0.550. The van der Waals surface area contributed by atoms with E-state index in [4.69, 9.17) is 5.26 Å². The van der Waals surface area contributed by atoms with E-state index in [0.29, 0.717) is 6.42 Å². The molecule has 0 aromatic rings. The molecule has 7 heavy (non-hydrogen) atoms. The van der Waals surface area contributed by atoms with Gasteiger partial charge in [-0.1, -0.05) is 6.92 Å². The van der Waals surface area contributed by atoms with E-state index < -0.39 is 6.10 Å². The fourth-order valence-corrected chi connectivity index (χ4v) is 0.246. The second-order valence-corrected chi connectivity index (χ2v) is 1.39. The topological polar surface area (TPSA) is 43.7 Å². The van der Waals surface area contributed by atoms with Gasteiger partial charge >= 0.3 is 0 Å². The molecule has 0 spiro atoms. The summed E-state index contributed by atoms with van der Waals surface area (Å²) < 4.78 is 0. The summed E-state index contributed by atoms with van der Waals surface area (Å²) in [4.78, 5) is 0. The molecule has 0 saturated heterocycles. The first-order valence-electron chi connectivity index (χ1n) is 2.34. The third-order valence-electron chi connectivity index (χ3n) is 0.774. The van der Waals surface area contributed by atoms with Crippen molar-refractivity contribution in [1.29, 1.82) is 5.26 Å². The largest absolute Gasteiger partial charge is 0.232 e. The third-order valence-corrected chi connectivity index (χ3v) is 0.774. The molecule has 0 rings (SSSR count). The zero-order valence-electron chi connectivity index (χ0n) is 4.35. The molecule has 0 aliphatic carbocycles. The number of rotatable bonds is 2. The quantitative estimate of drug-likeness (QED) is 0.510. The van der Waals surface area contributed by atoms with Crippen molar-refractivity contribution in [3.05, 3.63) is 0 Å². The maximum atomic E-state index is 10.3. The van der Waals surface area contributed by atoms with E-state index in [9.17, 15) is 5.11 Å². The summed E-state index contributed by atoms with van der Waals surface area (Å²) >= 11 is 0. The lowest BCUT2D eigenvalue weighted by Crippen LogP contribution is -1.98. The van der Waals surface area contributed by atoms with Crippen LogP contribution in [0.2, 0.25) is 0 Å². The van der Waals surface area contributed by atoms with E-state index >= 15 is 0 Å². The molecule has 39 valence electrons. The molecule has 0 aliphatic heterocycles. The minimum Gasteiger partial charge on any atom is -0.232 e. The van der Waals surface area contributed by atoms with Crippen molar-refractivity contribution < 1.29 is 5.11 Å². The van der Waals surface area contributed by atoms with Gasteiger partial charge < -0.3 is 0 Å². The van der Waals surface area contributed by atoms with E-state index in [0.717, 1.165) is 0 Å². The summed E-state index contributed by atoms with van der Waals surface area (Å²) in [5.41, 5.74) is 0. The van der Waals surface area contributed by atoms with Gasteiger partial charge in [-0.2, -0.15) is 5.26 Å². The average Bonchev–Trinajstić information content (AvgIpc) is 1.68. The Morgan fingerprint density at radius 1 is 1.86 bits per heavy atom. The predicted molar refractivity (Wildman–Crippen MR) is 25.0 cm³/mol. The Morgan fingerprint density at radius 3 is 2.57 bits per heavy atom. The molecule has 1 unspecified atom stereocenters. The van der Waals surface area contributed by atoms with Crippen LogP contribution in [0.1, 0.15) is 19.8 Å². The smallest absolute Gasteiger partial charge is 0.106 e. The molecule has 0 heterocycles. The molecular weight excluding hydrogens is 90.1 g/mol. The number of nitrogens with zero attached hydrogens (tertiary/aromatic N) is 1. The first-order valence-corrected chi connectivity index (χ1v) is 2.34. The summed E-state index contributed by atoms with van der Waals surface area (Å²) in [6.07, 6.45) is 0.0503. The molecule has 0 bridgehead atoms. The molecule has 0 aromatic carbocycles. The van der Waals surface area contributed by atoms with E-state index in [-0.39, 0.29) is 6.42 Å². The summed E-state index contributed by atoms with van der Waals surface area (Å²) in [5.74, 6) is 0. The van der Waals surface area contributed by atoms with Gasteiger partial charge in [0.15, 0.2) is 0 Å². The van der Waals surface area contributed by atoms with Crippen LogP contribution in [-0.2, 0) is 5.11 Å². The van der Waals surface area contributed by atoms with E-state index in [2.05, 4.69) is 0 Å². The summed E-state index contributed by atoms with van der Waals surface area (Å²) in [5, 5.41) is 18.2. The molecule has 0 fully saturated rings. The highest BCUT2D eigenvalue weighted by molar-refractivity contribution is 4.73. The Morgan fingerprint density at radius 2 is 2.43 bits per heavy atom. The molecule has 2 nitrogen and oxygen atoms in total. The molecule has 0 aliphatic rings. The maximum Gasteiger partial charge on any atom is 0.106 e. The van der Waals surface area contributed by atoms with Crippen LogP contribution in [0.15, 0.2) is 0 Å². The minimum atomic E-state index is -0.662. The van der Waals surface area contributed by atoms with Crippen LogP contribution in [0, 0.1) is 11.3 Å². The van der Waals surface area contributed by atoms with Gasteiger partial charge in [0.25, 0.3) is 0 Å². The van der Waals surface area contributed by atoms with Gasteiger partial charge in [0.05, 0.1) is 12.5 Å². The second kappa shape index (κ2) is 3.63. The Balaban J connectivity index is 3.03. The molecule has 0 saturated carbocycles. The van der Waals surface area contributed by atoms with Gasteiger partial charge in [-0.25, -0.2) is 5.11 Å². The van der Waals surface area contributed by atoms with Crippen molar-refractivity contribution >= 4 is 0 Å². The van der Waals surface area contributed by atoms with Crippen LogP contribution in [0.5, 0.6) is 0 Å². The standard InChI is InChI=1S/C5H8NO/c1-2-5(7)3-4-6/h5H,2-3H2,1H3. The Bertz CT molecular complexity index is 74.6. The molecule has 0 amide bonds. The van der Waals surface area contributed by atoms with Crippen molar-refractivity contribution in [1.82, 2.24) is 0 Å². The summed E-state index contributed by atoms with van der Waals surface area (Å²) in [7, 11) is 0. The lowest BCUT2D eigenvalue weighted by Gasteiger charge is -1.92. The lowest BCUT2D eigenvalue weighted by molar-refractivity contribution is 0.0897. The molecular formula is C5H8NO. The fourth-order valence-electron chi connectivity index (χ4n) is 0.246. The van der Waals surface area contributed by atoms with Crippen LogP contribution in [0.3, 0.4) is 0 Å². The molecule has 2 heteroatoms. The van der Waals surface area contributed by atoms with Gasteiger partial charge in [-0.15, -0.1) is 0 Å². The van der Waals surface area contributed by atoms with Gasteiger partial charge in [-0.3, -0.25) is 0 Å². The van der Waals surface area contributed by atoms with E-state index in [1.807, 2.05) is 0 Å². The van der Waals surface area contributed by atoms with E-state index in [1.165, 1.54) is 0 Å².